The molecule has 0 bridgehead atoms. The van der Waals surface area contributed by atoms with Gasteiger partial charge in [0.25, 0.3) is 0 Å². The van der Waals surface area contributed by atoms with Crippen molar-refractivity contribution in [1.29, 1.82) is 0 Å². The highest BCUT2D eigenvalue weighted by Gasteiger charge is 2.27. The Balaban J connectivity index is 1.84. The van der Waals surface area contributed by atoms with Crippen molar-refractivity contribution in [2.24, 2.45) is 4.99 Å². The number of nitrogens with zero attached hydrogens (tertiary/aromatic N) is 4. The van der Waals surface area contributed by atoms with Gasteiger partial charge in [0, 0.05) is 25.2 Å². The first-order valence-electron chi connectivity index (χ1n) is 9.07. The minimum absolute atomic E-state index is 0.253. The first-order chi connectivity index (χ1) is 12.4. The third kappa shape index (κ3) is 5.87. The molecule has 2 heterocycles. The number of unbranched alkanes of at least 4 members (excludes halogenated alkanes) is 1. The fourth-order valence-electron chi connectivity index (χ4n) is 2.79. The van der Waals surface area contributed by atoms with E-state index in [0.29, 0.717) is 5.96 Å². The van der Waals surface area contributed by atoms with Crippen LogP contribution in [0.3, 0.4) is 0 Å². The quantitative estimate of drug-likeness (QED) is 0.357. The molecule has 0 saturated carbocycles. The monoisotopic (exact) mass is 362 g/mol. The van der Waals surface area contributed by atoms with Crippen LogP contribution >= 0.6 is 0 Å². The Morgan fingerprint density at radius 2 is 2.00 bits per heavy atom. The third-order valence-electron chi connectivity index (χ3n) is 4.11. The van der Waals surface area contributed by atoms with Crippen LogP contribution in [0.1, 0.15) is 43.8 Å². The van der Waals surface area contributed by atoms with E-state index >= 15 is 0 Å². The number of nitrogens with one attached hydrogen (secondary N) is 2. The van der Waals surface area contributed by atoms with Crippen molar-refractivity contribution in [3.63, 3.8) is 0 Å². The lowest BCUT2D eigenvalue weighted by Gasteiger charge is -2.21. The van der Waals surface area contributed by atoms with Gasteiger partial charge in [-0.1, -0.05) is 0 Å². The summed E-state index contributed by atoms with van der Waals surface area (Å²) in [5.74, 6) is 2.23. The molecule has 8 nitrogen and oxygen atoms in total. The molecule has 3 N–H and O–H groups in total. The number of hydrogen-bond donors (Lipinski definition) is 3. The number of aromatic nitrogens is 3. The summed E-state index contributed by atoms with van der Waals surface area (Å²) in [7, 11) is 0. The zero-order chi connectivity index (χ0) is 19.0. The summed E-state index contributed by atoms with van der Waals surface area (Å²) in [5, 5.41) is 24.9. The number of aryl methyl sites for hydroxylation is 3. The van der Waals surface area contributed by atoms with Crippen molar-refractivity contribution in [2.75, 3.05) is 19.6 Å². The maximum Gasteiger partial charge on any atom is 0.191 e. The molecular weight excluding hydrogens is 332 g/mol. The summed E-state index contributed by atoms with van der Waals surface area (Å²) in [6.07, 6.45) is 5.47. The SMILES string of the molecule is CCNC(=NCC(C)(O)c1cc(C)oc1C)NCCCCn1cnnc1. The number of rotatable bonds is 9. The van der Waals surface area contributed by atoms with Crippen molar-refractivity contribution < 1.29 is 9.52 Å². The van der Waals surface area contributed by atoms with E-state index in [1.54, 1.807) is 19.6 Å². The van der Waals surface area contributed by atoms with Crippen LogP contribution in [0.2, 0.25) is 0 Å². The van der Waals surface area contributed by atoms with E-state index in [9.17, 15) is 5.11 Å². The van der Waals surface area contributed by atoms with Crippen LogP contribution in [-0.2, 0) is 12.1 Å². The molecule has 0 aliphatic rings. The molecule has 0 aliphatic carbocycles. The summed E-state index contributed by atoms with van der Waals surface area (Å²) in [5.41, 5.74) is -0.290. The molecule has 0 saturated heterocycles. The molecule has 144 valence electrons. The van der Waals surface area contributed by atoms with E-state index in [1.165, 1.54) is 0 Å². The van der Waals surface area contributed by atoms with Crippen molar-refractivity contribution in [3.8, 4) is 0 Å². The lowest BCUT2D eigenvalue weighted by molar-refractivity contribution is 0.0657. The zero-order valence-electron chi connectivity index (χ0n) is 16.1. The smallest absolute Gasteiger partial charge is 0.191 e. The molecule has 0 aliphatic heterocycles. The van der Waals surface area contributed by atoms with E-state index in [4.69, 9.17) is 4.42 Å². The molecule has 0 fully saturated rings. The molecule has 26 heavy (non-hydrogen) atoms. The molecule has 0 spiro atoms. The average Bonchev–Trinajstić information content (AvgIpc) is 3.21. The van der Waals surface area contributed by atoms with Crippen LogP contribution in [0.4, 0.5) is 0 Å². The first kappa shape index (κ1) is 20.0. The summed E-state index contributed by atoms with van der Waals surface area (Å²) in [6, 6.07) is 1.87. The predicted octanol–water partition coefficient (Wildman–Crippen LogP) is 1.73. The van der Waals surface area contributed by atoms with Gasteiger partial charge >= 0.3 is 0 Å². The molecule has 2 aromatic heterocycles. The van der Waals surface area contributed by atoms with Crippen LogP contribution < -0.4 is 10.6 Å². The maximum atomic E-state index is 10.8. The second kappa shape index (κ2) is 9.38. The molecule has 8 heteroatoms. The fourth-order valence-corrected chi connectivity index (χ4v) is 2.79. The Kier molecular flexibility index (Phi) is 7.20. The molecule has 1 unspecified atom stereocenters. The molecule has 0 aromatic carbocycles. The van der Waals surface area contributed by atoms with Gasteiger partial charge in [-0.25, -0.2) is 4.99 Å². The van der Waals surface area contributed by atoms with E-state index in [0.717, 1.165) is 49.6 Å². The van der Waals surface area contributed by atoms with Crippen LogP contribution in [0.15, 0.2) is 28.1 Å². The highest BCUT2D eigenvalue weighted by Crippen LogP contribution is 2.27. The van der Waals surface area contributed by atoms with Gasteiger partial charge in [-0.2, -0.15) is 0 Å². The second-order valence-corrected chi connectivity index (χ2v) is 6.63. The fraction of sp³-hybridized carbons (Fsp3) is 0.611. The van der Waals surface area contributed by atoms with Crippen LogP contribution in [0.25, 0.3) is 0 Å². The average molecular weight is 362 g/mol. The van der Waals surface area contributed by atoms with E-state index in [2.05, 4.69) is 25.8 Å². The van der Waals surface area contributed by atoms with Crippen molar-refractivity contribution in [1.82, 2.24) is 25.4 Å². The minimum atomic E-state index is -1.07. The molecule has 0 amide bonds. The number of aliphatic hydroxyl groups is 1. The minimum Gasteiger partial charge on any atom is -0.466 e. The molecule has 2 rings (SSSR count). The van der Waals surface area contributed by atoms with Gasteiger partial charge in [0.05, 0.1) is 6.54 Å². The number of aliphatic imine (C=N–C) groups is 1. The Hall–Kier alpha value is -2.35. The first-order valence-corrected chi connectivity index (χ1v) is 9.07. The largest absolute Gasteiger partial charge is 0.466 e. The van der Waals surface area contributed by atoms with Crippen LogP contribution in [0.5, 0.6) is 0 Å². The van der Waals surface area contributed by atoms with Gasteiger partial charge in [-0.05, 0) is 46.6 Å². The van der Waals surface area contributed by atoms with E-state index in [-0.39, 0.29) is 6.54 Å². The summed E-state index contributed by atoms with van der Waals surface area (Å²) >= 11 is 0. The Labute approximate surface area is 154 Å². The Bertz CT molecular complexity index is 691. The lowest BCUT2D eigenvalue weighted by Crippen LogP contribution is -2.39. The predicted molar refractivity (Wildman–Crippen MR) is 101 cm³/mol. The summed E-state index contributed by atoms with van der Waals surface area (Å²) < 4.78 is 7.49. The molecule has 0 radical (unpaired) electrons. The van der Waals surface area contributed by atoms with Crippen molar-refractivity contribution in [2.45, 2.75) is 52.7 Å². The summed E-state index contributed by atoms with van der Waals surface area (Å²) in [6.45, 7) is 10.2. The second-order valence-electron chi connectivity index (χ2n) is 6.63. The van der Waals surface area contributed by atoms with E-state index in [1.807, 2.05) is 31.4 Å². The molecular formula is C18H30N6O2. The van der Waals surface area contributed by atoms with Gasteiger partial charge < -0.3 is 24.7 Å². The third-order valence-corrected chi connectivity index (χ3v) is 4.11. The van der Waals surface area contributed by atoms with Gasteiger partial charge in [0.15, 0.2) is 5.96 Å². The van der Waals surface area contributed by atoms with Gasteiger partial charge in [0.2, 0.25) is 0 Å². The highest BCUT2D eigenvalue weighted by atomic mass is 16.3. The maximum absolute atomic E-state index is 10.8. The van der Waals surface area contributed by atoms with Gasteiger partial charge in [0.1, 0.15) is 29.8 Å². The number of hydrogen-bond acceptors (Lipinski definition) is 5. The molecule has 1 atom stereocenters. The van der Waals surface area contributed by atoms with Gasteiger partial charge in [-0.15, -0.1) is 10.2 Å². The Morgan fingerprint density at radius 1 is 1.27 bits per heavy atom. The standard InChI is InChI=1S/C18H30N6O2/c1-5-19-17(20-8-6-7-9-24-12-22-23-13-24)21-11-18(4,25)16-10-14(2)26-15(16)3/h10,12-13,25H,5-9,11H2,1-4H3,(H2,19,20,21). The van der Waals surface area contributed by atoms with Crippen LogP contribution in [-0.4, -0.2) is 45.5 Å². The van der Waals surface area contributed by atoms with Crippen LogP contribution in [0, 0.1) is 13.8 Å². The Morgan fingerprint density at radius 3 is 2.62 bits per heavy atom. The van der Waals surface area contributed by atoms with Gasteiger partial charge in [-0.3, -0.25) is 0 Å². The van der Waals surface area contributed by atoms with Crippen molar-refractivity contribution in [3.05, 3.63) is 35.8 Å². The lowest BCUT2D eigenvalue weighted by atomic mass is 9.96. The highest BCUT2D eigenvalue weighted by molar-refractivity contribution is 5.79. The topological polar surface area (TPSA) is 100 Å². The van der Waals surface area contributed by atoms with E-state index < -0.39 is 5.60 Å². The molecule has 2 aromatic rings. The zero-order valence-corrected chi connectivity index (χ0v) is 16.1. The normalized spacial score (nSPS) is 14.3. The number of furan rings is 1. The summed E-state index contributed by atoms with van der Waals surface area (Å²) in [4.78, 5) is 4.54. The van der Waals surface area contributed by atoms with Crippen molar-refractivity contribution >= 4 is 5.96 Å². The number of guanidine groups is 1.